The van der Waals surface area contributed by atoms with E-state index in [1.807, 2.05) is 25.1 Å². The zero-order chi connectivity index (χ0) is 20.3. The molecule has 1 N–H and O–H groups in total. The van der Waals surface area contributed by atoms with Crippen LogP contribution in [-0.4, -0.2) is 40.6 Å². The Labute approximate surface area is 178 Å². The number of thiazole rings is 1. The van der Waals surface area contributed by atoms with Gasteiger partial charge in [-0.05, 0) is 43.5 Å². The van der Waals surface area contributed by atoms with Gasteiger partial charge in [0.05, 0.1) is 5.69 Å². The van der Waals surface area contributed by atoms with Gasteiger partial charge in [-0.3, -0.25) is 4.79 Å². The molecule has 0 bridgehead atoms. The van der Waals surface area contributed by atoms with Crippen molar-refractivity contribution >= 4 is 28.8 Å². The second-order valence-electron chi connectivity index (χ2n) is 7.09. The number of ether oxygens (including phenoxy) is 1. The Balaban J connectivity index is 1.54. The lowest BCUT2D eigenvalue weighted by atomic mass is 9.74. The number of benzene rings is 1. The number of halogens is 1. The number of hydrogen-bond donors (Lipinski definition) is 1. The highest BCUT2D eigenvalue weighted by Crippen LogP contribution is 2.35. The molecule has 0 radical (unpaired) electrons. The fourth-order valence-electron chi connectivity index (χ4n) is 3.59. The first-order valence-corrected chi connectivity index (χ1v) is 10.6. The van der Waals surface area contributed by atoms with E-state index >= 15 is 0 Å². The molecule has 2 aromatic heterocycles. The third kappa shape index (κ3) is 4.32. The van der Waals surface area contributed by atoms with Crippen LogP contribution in [0.3, 0.4) is 0 Å². The Bertz CT molecular complexity index is 1000. The fraction of sp³-hybridized carbons (Fsp3) is 0.333. The number of carbonyl (C=O) groups excluding carboxylic acids is 1. The maximum atomic E-state index is 13.0. The molecule has 1 aliphatic heterocycles. The smallest absolute Gasteiger partial charge is 0.263 e. The topological polar surface area (TPSA) is 77.0 Å². The third-order valence-electron chi connectivity index (χ3n) is 5.23. The number of nitrogens with zero attached hydrogens (tertiary/aromatic N) is 3. The van der Waals surface area contributed by atoms with Crippen LogP contribution in [0.1, 0.15) is 33.8 Å². The van der Waals surface area contributed by atoms with Crippen LogP contribution in [0.5, 0.6) is 0 Å². The lowest BCUT2D eigenvalue weighted by molar-refractivity contribution is 0.0487. The van der Waals surface area contributed by atoms with Crippen molar-refractivity contribution in [2.24, 2.45) is 0 Å². The summed E-state index contributed by atoms with van der Waals surface area (Å²) in [6.45, 7) is 3.68. The predicted molar refractivity (Wildman–Crippen MR) is 113 cm³/mol. The minimum Gasteiger partial charge on any atom is -0.381 e. The van der Waals surface area contributed by atoms with Gasteiger partial charge in [0.1, 0.15) is 4.88 Å². The summed E-state index contributed by atoms with van der Waals surface area (Å²) in [7, 11) is 0. The van der Waals surface area contributed by atoms with Crippen LogP contribution in [0.25, 0.3) is 10.8 Å². The molecular formula is C21H21ClN4O2S. The van der Waals surface area contributed by atoms with Gasteiger partial charge in [-0.15, -0.1) is 11.3 Å². The minimum absolute atomic E-state index is 0.130. The zero-order valence-electron chi connectivity index (χ0n) is 16.0. The summed E-state index contributed by atoms with van der Waals surface area (Å²) in [5, 5.41) is 4.47. The number of aryl methyl sites for hydroxylation is 1. The second kappa shape index (κ2) is 8.57. The van der Waals surface area contributed by atoms with Gasteiger partial charge < -0.3 is 10.1 Å². The normalized spacial score (nSPS) is 15.8. The molecular weight excluding hydrogens is 408 g/mol. The standard InChI is InChI=1S/C21H21ClN4O2S/c1-14-17(29-20(26-14)18-23-8-3-9-24-18)19(27)25-13-21(6-10-28-11-7-21)15-4-2-5-16(22)12-15/h2-5,8-9,12H,6-7,10-11,13H2,1H3,(H,25,27). The molecule has 1 aromatic carbocycles. The fourth-order valence-corrected chi connectivity index (χ4v) is 4.71. The van der Waals surface area contributed by atoms with Gasteiger partial charge in [-0.25, -0.2) is 15.0 Å². The highest BCUT2D eigenvalue weighted by atomic mass is 35.5. The number of hydrogen-bond acceptors (Lipinski definition) is 6. The molecule has 6 nitrogen and oxygen atoms in total. The third-order valence-corrected chi connectivity index (χ3v) is 6.62. The molecule has 29 heavy (non-hydrogen) atoms. The molecule has 1 saturated heterocycles. The molecule has 3 heterocycles. The monoisotopic (exact) mass is 428 g/mol. The molecule has 1 amide bonds. The molecule has 4 rings (SSSR count). The maximum Gasteiger partial charge on any atom is 0.263 e. The quantitative estimate of drug-likeness (QED) is 0.663. The average Bonchev–Trinajstić information content (AvgIpc) is 3.15. The van der Waals surface area contributed by atoms with Crippen molar-refractivity contribution in [1.82, 2.24) is 20.3 Å². The SMILES string of the molecule is Cc1nc(-c2ncccn2)sc1C(=O)NCC1(c2cccc(Cl)c2)CCOCC1. The average molecular weight is 429 g/mol. The van der Waals surface area contributed by atoms with Crippen LogP contribution in [0.2, 0.25) is 5.02 Å². The van der Waals surface area contributed by atoms with Gasteiger partial charge >= 0.3 is 0 Å². The van der Waals surface area contributed by atoms with Crippen LogP contribution in [-0.2, 0) is 10.2 Å². The number of nitrogens with one attached hydrogen (secondary N) is 1. The highest BCUT2D eigenvalue weighted by Gasteiger charge is 2.35. The summed E-state index contributed by atoms with van der Waals surface area (Å²) < 4.78 is 5.57. The predicted octanol–water partition coefficient (Wildman–Crippen LogP) is 4.04. The molecule has 1 aliphatic rings. The van der Waals surface area contributed by atoms with E-state index in [1.165, 1.54) is 11.3 Å². The van der Waals surface area contributed by atoms with Crippen molar-refractivity contribution < 1.29 is 9.53 Å². The number of carbonyl (C=O) groups is 1. The van der Waals surface area contributed by atoms with Gasteiger partial charge in [0, 0.05) is 42.6 Å². The first kappa shape index (κ1) is 19.9. The lowest BCUT2D eigenvalue weighted by Crippen LogP contribution is -2.44. The molecule has 0 spiro atoms. The molecule has 150 valence electrons. The summed E-state index contributed by atoms with van der Waals surface area (Å²) in [5.74, 6) is 0.398. The summed E-state index contributed by atoms with van der Waals surface area (Å²) in [4.78, 5) is 26.5. The van der Waals surface area contributed by atoms with Gasteiger partial charge in [0.15, 0.2) is 10.8 Å². The first-order valence-electron chi connectivity index (χ1n) is 9.44. The van der Waals surface area contributed by atoms with E-state index in [0.29, 0.717) is 46.2 Å². The van der Waals surface area contributed by atoms with Crippen molar-refractivity contribution in [3.05, 3.63) is 63.9 Å². The Hall–Kier alpha value is -2.35. The summed E-state index contributed by atoms with van der Waals surface area (Å²) in [6, 6.07) is 9.63. The summed E-state index contributed by atoms with van der Waals surface area (Å²) in [6.07, 6.45) is 4.99. The van der Waals surface area contributed by atoms with Crippen molar-refractivity contribution in [3.63, 3.8) is 0 Å². The van der Waals surface area contributed by atoms with Crippen LogP contribution in [0, 0.1) is 6.92 Å². The van der Waals surface area contributed by atoms with Gasteiger partial charge in [-0.1, -0.05) is 23.7 Å². The Kier molecular flexibility index (Phi) is 5.89. The molecule has 0 saturated carbocycles. The summed E-state index contributed by atoms with van der Waals surface area (Å²) in [5.41, 5.74) is 1.62. The van der Waals surface area contributed by atoms with Crippen molar-refractivity contribution in [1.29, 1.82) is 0 Å². The van der Waals surface area contributed by atoms with Crippen molar-refractivity contribution in [2.45, 2.75) is 25.2 Å². The van der Waals surface area contributed by atoms with E-state index in [9.17, 15) is 4.79 Å². The molecule has 0 aliphatic carbocycles. The van der Waals surface area contributed by atoms with Crippen LogP contribution in [0.4, 0.5) is 0 Å². The van der Waals surface area contributed by atoms with Gasteiger partial charge in [0.25, 0.3) is 5.91 Å². The minimum atomic E-state index is -0.192. The van der Waals surface area contributed by atoms with Crippen molar-refractivity contribution in [3.8, 4) is 10.8 Å². The highest BCUT2D eigenvalue weighted by molar-refractivity contribution is 7.17. The summed E-state index contributed by atoms with van der Waals surface area (Å²) >= 11 is 7.54. The first-order chi connectivity index (χ1) is 14.1. The van der Waals surface area contributed by atoms with Gasteiger partial charge in [0.2, 0.25) is 0 Å². The van der Waals surface area contributed by atoms with E-state index in [-0.39, 0.29) is 11.3 Å². The van der Waals surface area contributed by atoms with Crippen LogP contribution >= 0.6 is 22.9 Å². The van der Waals surface area contributed by atoms with E-state index in [2.05, 4.69) is 26.3 Å². The molecule has 0 atom stereocenters. The Morgan fingerprint density at radius 3 is 2.72 bits per heavy atom. The van der Waals surface area contributed by atoms with Gasteiger partial charge in [-0.2, -0.15) is 0 Å². The Morgan fingerprint density at radius 1 is 1.24 bits per heavy atom. The van der Waals surface area contributed by atoms with Crippen LogP contribution in [0.15, 0.2) is 42.7 Å². The maximum absolute atomic E-state index is 13.0. The molecule has 1 fully saturated rings. The van der Waals surface area contributed by atoms with E-state index < -0.39 is 0 Å². The molecule has 3 aromatic rings. The Morgan fingerprint density at radius 2 is 2.00 bits per heavy atom. The van der Waals surface area contributed by atoms with E-state index in [4.69, 9.17) is 16.3 Å². The number of amides is 1. The number of rotatable bonds is 5. The second-order valence-corrected chi connectivity index (χ2v) is 8.53. The zero-order valence-corrected chi connectivity index (χ0v) is 17.6. The van der Waals surface area contributed by atoms with E-state index in [1.54, 1.807) is 18.5 Å². The van der Waals surface area contributed by atoms with E-state index in [0.717, 1.165) is 18.4 Å². The van der Waals surface area contributed by atoms with Crippen LogP contribution < -0.4 is 5.32 Å². The number of aromatic nitrogens is 3. The largest absolute Gasteiger partial charge is 0.381 e. The van der Waals surface area contributed by atoms with Crippen molar-refractivity contribution in [2.75, 3.05) is 19.8 Å². The molecule has 8 heteroatoms. The molecule has 0 unspecified atom stereocenters. The lowest BCUT2D eigenvalue weighted by Gasteiger charge is -2.38.